The molecule has 0 radical (unpaired) electrons. The second-order valence-corrected chi connectivity index (χ2v) is 12.8. The molecule has 1 saturated heterocycles. The molecule has 1 unspecified atom stereocenters. The lowest BCUT2D eigenvalue weighted by Gasteiger charge is -2.32. The van der Waals surface area contributed by atoms with Gasteiger partial charge in [0.05, 0.1) is 15.1 Å². The van der Waals surface area contributed by atoms with E-state index in [0.717, 1.165) is 47.6 Å². The molecule has 1 atom stereocenters. The highest BCUT2D eigenvalue weighted by atomic mass is 35.5. The number of aromatic nitrogens is 2. The van der Waals surface area contributed by atoms with Crippen LogP contribution in [0, 0.1) is 5.92 Å². The Morgan fingerprint density at radius 3 is 2.48 bits per heavy atom. The molecule has 1 aliphatic carbocycles. The Kier molecular flexibility index (Phi) is 8.65. The van der Waals surface area contributed by atoms with Gasteiger partial charge in [0.1, 0.15) is 11.4 Å². The van der Waals surface area contributed by atoms with Crippen LogP contribution in [0.5, 0.6) is 0 Å². The van der Waals surface area contributed by atoms with Crippen LogP contribution in [-0.4, -0.2) is 46.0 Å². The number of hydrogen-bond donors (Lipinski definition) is 0. The van der Waals surface area contributed by atoms with Gasteiger partial charge < -0.3 is 14.3 Å². The summed E-state index contributed by atoms with van der Waals surface area (Å²) in [6.45, 7) is 3.45. The Hall–Kier alpha value is -3.20. The van der Waals surface area contributed by atoms with Gasteiger partial charge in [-0.3, -0.25) is 9.59 Å². The lowest BCUT2D eigenvalue weighted by molar-refractivity contribution is -0.134. The molecule has 1 aliphatic heterocycles. The van der Waals surface area contributed by atoms with Crippen molar-refractivity contribution in [2.75, 3.05) is 18.0 Å². The van der Waals surface area contributed by atoms with Crippen molar-refractivity contribution in [3.63, 3.8) is 0 Å². The topological polar surface area (TPSA) is 79.5 Å². The minimum absolute atomic E-state index is 0.0221. The molecule has 218 valence electrons. The van der Waals surface area contributed by atoms with Crippen LogP contribution in [0.15, 0.2) is 64.5 Å². The number of nitrogens with zero attached hydrogens (tertiary/aromatic N) is 4. The van der Waals surface area contributed by atoms with Crippen LogP contribution in [0.2, 0.25) is 10.0 Å². The summed E-state index contributed by atoms with van der Waals surface area (Å²) in [7, 11) is 0. The van der Waals surface area contributed by atoms with E-state index in [2.05, 4.69) is 12.1 Å². The van der Waals surface area contributed by atoms with Crippen molar-refractivity contribution in [1.82, 2.24) is 15.0 Å². The van der Waals surface area contributed by atoms with Crippen molar-refractivity contribution in [3.05, 3.63) is 75.0 Å². The molecule has 42 heavy (non-hydrogen) atoms. The zero-order valence-electron chi connectivity index (χ0n) is 23.3. The predicted octanol–water partition coefficient (Wildman–Crippen LogP) is 8.09. The number of carbonyl (C=O) groups is 2. The molecule has 7 nitrogen and oxygen atoms in total. The fraction of sp³-hybridized carbons (Fsp3) is 0.375. The normalized spacial score (nSPS) is 16.4. The van der Waals surface area contributed by atoms with Gasteiger partial charge in [-0.1, -0.05) is 52.6 Å². The number of piperidine rings is 1. The third-order valence-corrected chi connectivity index (χ3v) is 10.0. The summed E-state index contributed by atoms with van der Waals surface area (Å²) >= 11 is 13.8. The van der Waals surface area contributed by atoms with Crippen LogP contribution in [0.4, 0.5) is 5.69 Å². The van der Waals surface area contributed by atoms with E-state index in [-0.39, 0.29) is 36.6 Å². The molecule has 6 rings (SSSR count). The zero-order chi connectivity index (χ0) is 29.2. The van der Waals surface area contributed by atoms with Crippen LogP contribution < -0.4 is 4.90 Å². The Morgan fingerprint density at radius 2 is 1.76 bits per heavy atom. The van der Waals surface area contributed by atoms with Crippen molar-refractivity contribution in [2.45, 2.75) is 57.4 Å². The van der Waals surface area contributed by atoms with Crippen LogP contribution in [0.3, 0.4) is 0 Å². The quantitative estimate of drug-likeness (QED) is 0.188. The van der Waals surface area contributed by atoms with Crippen molar-refractivity contribution in [1.29, 1.82) is 0 Å². The van der Waals surface area contributed by atoms with Gasteiger partial charge in [0, 0.05) is 60.6 Å². The predicted molar refractivity (Wildman–Crippen MR) is 167 cm³/mol. The molecule has 3 heterocycles. The molecule has 2 fully saturated rings. The van der Waals surface area contributed by atoms with Gasteiger partial charge in [0.2, 0.25) is 11.8 Å². The standard InChI is InChI=1S/C32H32Cl2N4O3S/c1-20(21-7-8-21)38(24-5-3-2-4-6-24)31(40)12-11-30(39)37-15-13-22(14-16-37)32-35-28(19-42-32)29-18-27(36-41-29)23-9-10-25(33)26(34)17-23/h2-6,9-10,17-22H,7-8,11-16H2,1H3. The summed E-state index contributed by atoms with van der Waals surface area (Å²) in [5, 5.41) is 8.15. The summed E-state index contributed by atoms with van der Waals surface area (Å²) in [5.41, 5.74) is 3.14. The van der Waals surface area contributed by atoms with Crippen LogP contribution >= 0.6 is 34.5 Å². The summed E-state index contributed by atoms with van der Waals surface area (Å²) in [4.78, 5) is 35.0. The van der Waals surface area contributed by atoms with Crippen molar-refractivity contribution >= 4 is 52.0 Å². The molecule has 2 amide bonds. The van der Waals surface area contributed by atoms with E-state index in [9.17, 15) is 9.59 Å². The van der Waals surface area contributed by atoms with Gasteiger partial charge in [-0.15, -0.1) is 11.3 Å². The van der Waals surface area contributed by atoms with Gasteiger partial charge in [0.15, 0.2) is 5.76 Å². The molecule has 10 heteroatoms. The highest BCUT2D eigenvalue weighted by Crippen LogP contribution is 2.38. The highest BCUT2D eigenvalue weighted by Gasteiger charge is 2.35. The van der Waals surface area contributed by atoms with Crippen molar-refractivity contribution in [3.8, 4) is 22.7 Å². The summed E-state index contributed by atoms with van der Waals surface area (Å²) in [6, 6.07) is 17.2. The minimum Gasteiger partial charge on any atom is -0.354 e. The number of amides is 2. The molecule has 0 spiro atoms. The molecular formula is C32H32Cl2N4O3S. The highest BCUT2D eigenvalue weighted by molar-refractivity contribution is 7.10. The molecule has 2 aromatic carbocycles. The van der Waals surface area contributed by atoms with E-state index in [1.165, 1.54) is 0 Å². The van der Waals surface area contributed by atoms with Gasteiger partial charge >= 0.3 is 0 Å². The number of halogens is 2. The summed E-state index contributed by atoms with van der Waals surface area (Å²) < 4.78 is 5.58. The maximum atomic E-state index is 13.3. The first-order chi connectivity index (χ1) is 20.4. The first-order valence-corrected chi connectivity index (χ1v) is 16.0. The Morgan fingerprint density at radius 1 is 1.00 bits per heavy atom. The number of likely N-dealkylation sites (tertiary alicyclic amines) is 1. The smallest absolute Gasteiger partial charge is 0.227 e. The monoisotopic (exact) mass is 622 g/mol. The maximum Gasteiger partial charge on any atom is 0.227 e. The summed E-state index contributed by atoms with van der Waals surface area (Å²) in [6.07, 6.45) is 4.45. The van der Waals surface area contributed by atoms with Gasteiger partial charge in [-0.25, -0.2) is 4.98 Å². The lowest BCUT2D eigenvalue weighted by Crippen LogP contribution is -2.42. The van der Waals surface area contributed by atoms with Crippen LogP contribution in [-0.2, 0) is 9.59 Å². The van der Waals surface area contributed by atoms with E-state index >= 15 is 0 Å². The van der Waals surface area contributed by atoms with E-state index < -0.39 is 0 Å². The number of para-hydroxylation sites is 1. The fourth-order valence-electron chi connectivity index (χ4n) is 5.63. The third kappa shape index (κ3) is 6.41. The first kappa shape index (κ1) is 28.9. The molecular weight excluding hydrogens is 591 g/mol. The number of benzene rings is 2. The number of anilines is 1. The van der Waals surface area contributed by atoms with E-state index in [1.807, 2.05) is 57.6 Å². The molecule has 2 aliphatic rings. The SMILES string of the molecule is CC(C1CC1)N(C(=O)CCC(=O)N1CCC(c2nc(-c3cc(-c4ccc(Cl)c(Cl)c4)no3)cs2)CC1)c1ccccc1. The molecule has 2 aromatic heterocycles. The molecule has 4 aromatic rings. The first-order valence-electron chi connectivity index (χ1n) is 14.4. The number of carbonyl (C=O) groups excluding carboxylic acids is 2. The zero-order valence-corrected chi connectivity index (χ0v) is 25.7. The number of hydrogen-bond acceptors (Lipinski definition) is 6. The van der Waals surface area contributed by atoms with Crippen molar-refractivity contribution < 1.29 is 14.1 Å². The van der Waals surface area contributed by atoms with Crippen LogP contribution in [0.1, 0.15) is 56.4 Å². The summed E-state index contributed by atoms with van der Waals surface area (Å²) in [5.74, 6) is 1.49. The average molecular weight is 624 g/mol. The second kappa shape index (κ2) is 12.6. The van der Waals surface area contributed by atoms with Gasteiger partial charge in [-0.05, 0) is 62.8 Å². The number of rotatable bonds is 9. The van der Waals surface area contributed by atoms with E-state index in [0.29, 0.717) is 40.5 Å². The Bertz CT molecular complexity index is 1560. The van der Waals surface area contributed by atoms with E-state index in [4.69, 9.17) is 32.7 Å². The van der Waals surface area contributed by atoms with Crippen LogP contribution in [0.25, 0.3) is 22.7 Å². The Labute approximate surface area is 259 Å². The molecule has 0 bridgehead atoms. The molecule has 0 N–H and O–H groups in total. The minimum atomic E-state index is 0.0221. The third-order valence-electron chi connectivity index (χ3n) is 8.26. The van der Waals surface area contributed by atoms with Crippen molar-refractivity contribution in [2.24, 2.45) is 5.92 Å². The molecule has 1 saturated carbocycles. The largest absolute Gasteiger partial charge is 0.354 e. The number of thiazole rings is 1. The fourth-order valence-corrected chi connectivity index (χ4v) is 6.91. The average Bonchev–Trinajstić information content (AvgIpc) is 3.54. The van der Waals surface area contributed by atoms with Gasteiger partial charge in [0.25, 0.3) is 0 Å². The Balaban J connectivity index is 1.02. The van der Waals surface area contributed by atoms with Gasteiger partial charge in [-0.2, -0.15) is 0 Å². The van der Waals surface area contributed by atoms with E-state index in [1.54, 1.807) is 23.5 Å². The maximum absolute atomic E-state index is 13.3. The second-order valence-electron chi connectivity index (χ2n) is 11.1. The lowest BCUT2D eigenvalue weighted by atomic mass is 9.97.